The van der Waals surface area contributed by atoms with Gasteiger partial charge in [-0.2, -0.15) is 0 Å². The molecule has 82 valence electrons. The molecule has 2 rings (SSSR count). The van der Waals surface area contributed by atoms with Gasteiger partial charge in [-0.3, -0.25) is 0 Å². The Morgan fingerprint density at radius 3 is 2.88 bits per heavy atom. The molecule has 0 spiro atoms. The molecule has 0 saturated heterocycles. The van der Waals surface area contributed by atoms with Crippen LogP contribution in [0, 0.1) is 6.92 Å². The minimum Gasteiger partial charge on any atom is -0.370 e. The fourth-order valence-corrected chi connectivity index (χ4v) is 1.38. The fourth-order valence-electron chi connectivity index (χ4n) is 1.38. The second-order valence-corrected chi connectivity index (χ2v) is 3.34. The third-order valence-electron chi connectivity index (χ3n) is 2.02. The first-order chi connectivity index (χ1) is 7.79. The highest BCUT2D eigenvalue weighted by molar-refractivity contribution is 5.52. The van der Waals surface area contributed by atoms with Crippen molar-refractivity contribution in [2.24, 2.45) is 0 Å². The van der Waals surface area contributed by atoms with Gasteiger partial charge < -0.3 is 5.32 Å². The lowest BCUT2D eigenvalue weighted by molar-refractivity contribution is 1.05. The molecule has 2 aromatic rings. The Morgan fingerprint density at radius 1 is 1.31 bits per heavy atom. The van der Waals surface area contributed by atoms with Crippen LogP contribution in [0.25, 0.3) is 11.5 Å². The molecule has 5 nitrogen and oxygen atoms in total. The molecule has 0 aliphatic carbocycles. The lowest BCUT2D eigenvalue weighted by Gasteiger charge is -2.05. The van der Waals surface area contributed by atoms with E-state index in [9.17, 15) is 0 Å². The van der Waals surface area contributed by atoms with Crippen molar-refractivity contribution in [2.75, 3.05) is 11.9 Å². The van der Waals surface area contributed by atoms with Crippen LogP contribution in [0.15, 0.2) is 24.7 Å². The van der Waals surface area contributed by atoms with Gasteiger partial charge in [0.1, 0.15) is 17.8 Å². The van der Waals surface area contributed by atoms with Crippen molar-refractivity contribution in [3.05, 3.63) is 30.4 Å². The number of nitrogens with zero attached hydrogens (tertiary/aromatic N) is 4. The molecule has 1 N–H and O–H groups in total. The monoisotopic (exact) mass is 215 g/mol. The zero-order valence-corrected chi connectivity index (χ0v) is 9.31. The van der Waals surface area contributed by atoms with Crippen molar-refractivity contribution < 1.29 is 0 Å². The Bertz CT molecular complexity index is 469. The van der Waals surface area contributed by atoms with E-state index < -0.39 is 0 Å². The van der Waals surface area contributed by atoms with Crippen molar-refractivity contribution in [1.82, 2.24) is 19.9 Å². The molecular weight excluding hydrogens is 202 g/mol. The molecule has 0 aliphatic rings. The molecule has 2 heterocycles. The summed E-state index contributed by atoms with van der Waals surface area (Å²) in [6, 6.07) is 3.71. The molecule has 16 heavy (non-hydrogen) atoms. The molecule has 2 aromatic heterocycles. The third-order valence-corrected chi connectivity index (χ3v) is 2.02. The summed E-state index contributed by atoms with van der Waals surface area (Å²) in [6.07, 6.45) is 3.18. The topological polar surface area (TPSA) is 63.6 Å². The smallest absolute Gasteiger partial charge is 0.180 e. The van der Waals surface area contributed by atoms with Crippen LogP contribution in [-0.4, -0.2) is 26.5 Å². The highest BCUT2D eigenvalue weighted by Gasteiger charge is 2.05. The molecule has 0 fully saturated rings. The van der Waals surface area contributed by atoms with Crippen molar-refractivity contribution >= 4 is 5.82 Å². The van der Waals surface area contributed by atoms with Crippen LogP contribution >= 0.6 is 0 Å². The minimum atomic E-state index is 0.623. The summed E-state index contributed by atoms with van der Waals surface area (Å²) in [5.74, 6) is 1.45. The first-order valence-corrected chi connectivity index (χ1v) is 5.15. The van der Waals surface area contributed by atoms with Crippen molar-refractivity contribution in [2.45, 2.75) is 13.8 Å². The second-order valence-electron chi connectivity index (χ2n) is 3.34. The quantitative estimate of drug-likeness (QED) is 0.843. The standard InChI is InChI=1S/C11H13N5/c1-3-13-10-6-8(2)15-11(16-10)9-4-5-12-7-14-9/h4-7H,3H2,1-2H3,(H,13,15,16). The average Bonchev–Trinajstić information content (AvgIpc) is 2.30. The molecule has 0 saturated carbocycles. The maximum Gasteiger partial charge on any atom is 0.180 e. The summed E-state index contributed by atoms with van der Waals surface area (Å²) in [4.78, 5) is 16.7. The number of hydrogen-bond donors (Lipinski definition) is 1. The maximum atomic E-state index is 4.38. The van der Waals surface area contributed by atoms with Crippen LogP contribution in [0.2, 0.25) is 0 Å². The number of aromatic nitrogens is 4. The third kappa shape index (κ3) is 2.31. The number of hydrogen-bond acceptors (Lipinski definition) is 5. The van der Waals surface area contributed by atoms with E-state index in [0.717, 1.165) is 23.8 Å². The number of nitrogens with one attached hydrogen (secondary N) is 1. The van der Waals surface area contributed by atoms with Gasteiger partial charge in [0.15, 0.2) is 5.82 Å². The van der Waals surface area contributed by atoms with Gasteiger partial charge in [-0.05, 0) is 19.9 Å². The first-order valence-electron chi connectivity index (χ1n) is 5.15. The largest absolute Gasteiger partial charge is 0.370 e. The lowest BCUT2D eigenvalue weighted by atomic mass is 10.3. The van der Waals surface area contributed by atoms with Gasteiger partial charge >= 0.3 is 0 Å². The lowest BCUT2D eigenvalue weighted by Crippen LogP contribution is -2.03. The Balaban J connectivity index is 2.41. The zero-order valence-electron chi connectivity index (χ0n) is 9.31. The van der Waals surface area contributed by atoms with E-state index in [4.69, 9.17) is 0 Å². The Morgan fingerprint density at radius 2 is 2.19 bits per heavy atom. The molecule has 0 aliphatic heterocycles. The van der Waals surface area contributed by atoms with E-state index in [1.165, 1.54) is 6.33 Å². The van der Waals surface area contributed by atoms with Crippen LogP contribution in [0.4, 0.5) is 5.82 Å². The highest BCUT2D eigenvalue weighted by atomic mass is 15.0. The molecule has 0 aromatic carbocycles. The summed E-state index contributed by atoms with van der Waals surface area (Å²) >= 11 is 0. The normalized spacial score (nSPS) is 10.1. The van der Waals surface area contributed by atoms with Gasteiger partial charge in [0.2, 0.25) is 0 Å². The van der Waals surface area contributed by atoms with E-state index >= 15 is 0 Å². The number of aryl methyl sites for hydroxylation is 1. The minimum absolute atomic E-state index is 0.623. The van der Waals surface area contributed by atoms with Crippen LogP contribution in [-0.2, 0) is 0 Å². The van der Waals surface area contributed by atoms with E-state index in [-0.39, 0.29) is 0 Å². The van der Waals surface area contributed by atoms with Crippen molar-refractivity contribution in [1.29, 1.82) is 0 Å². The summed E-state index contributed by atoms with van der Waals surface area (Å²) in [5, 5.41) is 3.16. The van der Waals surface area contributed by atoms with Gasteiger partial charge in [0.05, 0.1) is 0 Å². The van der Waals surface area contributed by atoms with Gasteiger partial charge in [0, 0.05) is 24.5 Å². The summed E-state index contributed by atoms with van der Waals surface area (Å²) in [5.41, 5.74) is 1.65. The molecule has 0 atom stereocenters. The van der Waals surface area contributed by atoms with Gasteiger partial charge in [-0.1, -0.05) is 0 Å². The summed E-state index contributed by atoms with van der Waals surface area (Å²) < 4.78 is 0. The first kappa shape index (κ1) is 10.5. The molecule has 0 unspecified atom stereocenters. The number of anilines is 1. The molecular formula is C11H13N5. The Kier molecular flexibility index (Phi) is 3.05. The average molecular weight is 215 g/mol. The summed E-state index contributed by atoms with van der Waals surface area (Å²) in [6.45, 7) is 4.80. The van der Waals surface area contributed by atoms with Crippen molar-refractivity contribution in [3.63, 3.8) is 0 Å². The van der Waals surface area contributed by atoms with E-state index in [0.29, 0.717) is 5.82 Å². The van der Waals surface area contributed by atoms with Crippen LogP contribution in [0.3, 0.4) is 0 Å². The number of rotatable bonds is 3. The van der Waals surface area contributed by atoms with Crippen molar-refractivity contribution in [3.8, 4) is 11.5 Å². The molecule has 0 bridgehead atoms. The van der Waals surface area contributed by atoms with Gasteiger partial charge in [-0.15, -0.1) is 0 Å². The van der Waals surface area contributed by atoms with E-state index in [1.54, 1.807) is 12.3 Å². The van der Waals surface area contributed by atoms with Gasteiger partial charge in [0.25, 0.3) is 0 Å². The zero-order chi connectivity index (χ0) is 11.4. The maximum absolute atomic E-state index is 4.38. The molecule has 5 heteroatoms. The van der Waals surface area contributed by atoms with Crippen LogP contribution < -0.4 is 5.32 Å². The highest BCUT2D eigenvalue weighted by Crippen LogP contribution is 2.14. The fraction of sp³-hybridized carbons (Fsp3) is 0.273. The SMILES string of the molecule is CCNc1cc(C)nc(-c2ccncn2)n1. The Hall–Kier alpha value is -2.04. The van der Waals surface area contributed by atoms with Crippen LogP contribution in [0.1, 0.15) is 12.6 Å². The molecule has 0 radical (unpaired) electrons. The second kappa shape index (κ2) is 4.65. The van der Waals surface area contributed by atoms with E-state index in [1.807, 2.05) is 19.9 Å². The van der Waals surface area contributed by atoms with Gasteiger partial charge in [-0.25, -0.2) is 19.9 Å². The predicted octanol–water partition coefficient (Wildman–Crippen LogP) is 1.67. The Labute approximate surface area is 94.0 Å². The molecule has 0 amide bonds. The predicted molar refractivity (Wildman–Crippen MR) is 62.0 cm³/mol. The summed E-state index contributed by atoms with van der Waals surface area (Å²) in [7, 11) is 0. The van der Waals surface area contributed by atoms with Crippen LogP contribution in [0.5, 0.6) is 0 Å². The van der Waals surface area contributed by atoms with E-state index in [2.05, 4.69) is 25.3 Å².